The Morgan fingerprint density at radius 3 is 2.42 bits per heavy atom. The van der Waals surface area contributed by atoms with Crippen LogP contribution in [0.2, 0.25) is 0 Å². The molecule has 2 aromatic carbocycles. The quantitative estimate of drug-likeness (QED) is 0.274. The van der Waals surface area contributed by atoms with E-state index in [2.05, 4.69) is 20.4 Å². The van der Waals surface area contributed by atoms with E-state index >= 15 is 0 Å². The summed E-state index contributed by atoms with van der Waals surface area (Å²) in [5, 5.41) is 22.7. The topological polar surface area (TPSA) is 136 Å². The molecule has 0 spiro atoms. The monoisotopic (exact) mass is 423 g/mol. The third-order valence-electron chi connectivity index (χ3n) is 4.96. The highest BCUT2D eigenvalue weighted by Gasteiger charge is 2.26. The van der Waals surface area contributed by atoms with Crippen LogP contribution in [-0.4, -0.2) is 52.2 Å². The number of nitrogen functional groups attached to an aromatic ring is 1. The Morgan fingerprint density at radius 1 is 1.10 bits per heavy atom. The molecule has 2 N–H and O–H groups in total. The Balaban J connectivity index is 1.45. The summed E-state index contributed by atoms with van der Waals surface area (Å²) in [7, 11) is 0. The van der Waals surface area contributed by atoms with Gasteiger partial charge in [0, 0.05) is 44.0 Å². The first-order valence-corrected chi connectivity index (χ1v) is 9.68. The summed E-state index contributed by atoms with van der Waals surface area (Å²) in [6.07, 6.45) is 0. The van der Waals surface area contributed by atoms with Gasteiger partial charge in [0.2, 0.25) is 5.84 Å². The average molecular weight is 423 g/mol. The van der Waals surface area contributed by atoms with Crippen LogP contribution >= 0.6 is 0 Å². The lowest BCUT2D eigenvalue weighted by Crippen LogP contribution is -2.49. The molecule has 0 amide bonds. The first-order chi connectivity index (χ1) is 15.1. The number of nitro groups is 1. The van der Waals surface area contributed by atoms with Gasteiger partial charge in [-0.25, -0.2) is 4.63 Å². The number of nitrogens with zero attached hydrogens (tertiary/aromatic N) is 6. The summed E-state index contributed by atoms with van der Waals surface area (Å²) in [6, 6.07) is 16.2. The maximum Gasteiger partial charge on any atom is 0.269 e. The van der Waals surface area contributed by atoms with Crippen LogP contribution in [0.15, 0.2) is 64.4 Å². The zero-order chi connectivity index (χ0) is 21.6. The number of benzene rings is 2. The number of nitro benzene ring substituents is 1. The molecular formula is C20H21N7O4. The molecule has 4 rings (SSSR count). The fourth-order valence-corrected chi connectivity index (χ4v) is 3.31. The van der Waals surface area contributed by atoms with Crippen LogP contribution < -0.4 is 10.6 Å². The lowest BCUT2D eigenvalue weighted by Gasteiger charge is -2.36. The largest absolute Gasteiger partial charge is 0.389 e. The number of hydrogen-bond acceptors (Lipinski definition) is 9. The van der Waals surface area contributed by atoms with Crippen LogP contribution in [0, 0.1) is 10.1 Å². The normalized spacial score (nSPS) is 14.5. The number of piperazine rings is 1. The van der Waals surface area contributed by atoms with Gasteiger partial charge in [-0.05, 0) is 28.0 Å². The zero-order valence-electron chi connectivity index (χ0n) is 16.6. The van der Waals surface area contributed by atoms with Crippen molar-refractivity contribution in [2.75, 3.05) is 36.8 Å². The van der Waals surface area contributed by atoms with Crippen molar-refractivity contribution in [2.24, 2.45) is 5.16 Å². The second-order valence-electron chi connectivity index (χ2n) is 6.92. The van der Waals surface area contributed by atoms with Gasteiger partial charge in [0.15, 0.2) is 11.5 Å². The highest BCUT2D eigenvalue weighted by atomic mass is 16.6. The molecule has 11 nitrogen and oxygen atoms in total. The lowest BCUT2D eigenvalue weighted by molar-refractivity contribution is -0.384. The molecule has 0 unspecified atom stereocenters. The van der Waals surface area contributed by atoms with Crippen LogP contribution in [0.1, 0.15) is 11.3 Å². The number of hydrogen-bond donors (Lipinski definition) is 1. The van der Waals surface area contributed by atoms with Crippen LogP contribution in [-0.2, 0) is 11.4 Å². The molecule has 1 fully saturated rings. The van der Waals surface area contributed by atoms with Crippen molar-refractivity contribution in [2.45, 2.75) is 6.61 Å². The summed E-state index contributed by atoms with van der Waals surface area (Å²) in [5.41, 5.74) is 8.20. The number of amidine groups is 1. The minimum atomic E-state index is -0.406. The highest BCUT2D eigenvalue weighted by Crippen LogP contribution is 2.22. The standard InChI is InChI=1S/C20H21N7O4/c21-19-18(22-31-23-19)20(24-30-14-15-4-2-1-3-5-15)26-12-10-25(11-13-26)16-6-8-17(9-7-16)27(28)29/h1-9H,10-14H2,(H2,21,23). The van der Waals surface area contributed by atoms with E-state index in [-0.39, 0.29) is 11.5 Å². The summed E-state index contributed by atoms with van der Waals surface area (Å²) < 4.78 is 4.75. The number of oxime groups is 1. The van der Waals surface area contributed by atoms with E-state index in [4.69, 9.17) is 15.2 Å². The summed E-state index contributed by atoms with van der Waals surface area (Å²) in [5.74, 6) is 0.595. The predicted molar refractivity (Wildman–Crippen MR) is 113 cm³/mol. The van der Waals surface area contributed by atoms with Crippen LogP contribution in [0.4, 0.5) is 17.2 Å². The number of nitrogens with two attached hydrogens (primary N) is 1. The number of rotatable bonds is 6. The van der Waals surface area contributed by atoms with Crippen molar-refractivity contribution in [3.8, 4) is 0 Å². The molecule has 3 aromatic rings. The molecule has 0 atom stereocenters. The molecular weight excluding hydrogens is 402 g/mol. The van der Waals surface area contributed by atoms with E-state index in [0.717, 1.165) is 11.3 Å². The third-order valence-corrected chi connectivity index (χ3v) is 4.96. The summed E-state index contributed by atoms with van der Waals surface area (Å²) >= 11 is 0. The van der Waals surface area contributed by atoms with Gasteiger partial charge in [-0.3, -0.25) is 10.1 Å². The molecule has 1 aromatic heterocycles. The fraction of sp³-hybridized carbons (Fsp3) is 0.250. The van der Waals surface area contributed by atoms with E-state index in [1.165, 1.54) is 12.1 Å². The number of aromatic nitrogens is 2. The molecule has 0 saturated carbocycles. The summed E-state index contributed by atoms with van der Waals surface area (Å²) in [6.45, 7) is 2.91. The van der Waals surface area contributed by atoms with Gasteiger partial charge in [-0.2, -0.15) is 0 Å². The second-order valence-corrected chi connectivity index (χ2v) is 6.92. The Bertz CT molecular complexity index is 1040. The van der Waals surface area contributed by atoms with Crippen molar-refractivity contribution in [1.29, 1.82) is 0 Å². The van der Waals surface area contributed by atoms with Gasteiger partial charge >= 0.3 is 0 Å². The van der Waals surface area contributed by atoms with Gasteiger partial charge in [-0.15, -0.1) is 0 Å². The van der Waals surface area contributed by atoms with Gasteiger partial charge in [0.1, 0.15) is 6.61 Å². The van der Waals surface area contributed by atoms with E-state index < -0.39 is 4.92 Å². The maximum atomic E-state index is 10.9. The van der Waals surface area contributed by atoms with Crippen molar-refractivity contribution >= 4 is 23.0 Å². The third kappa shape index (κ3) is 4.71. The molecule has 160 valence electrons. The highest BCUT2D eigenvalue weighted by molar-refractivity contribution is 6.00. The molecule has 0 aliphatic carbocycles. The molecule has 0 bridgehead atoms. The smallest absolute Gasteiger partial charge is 0.269 e. The second kappa shape index (κ2) is 9.11. The van der Waals surface area contributed by atoms with Gasteiger partial charge in [0.25, 0.3) is 5.69 Å². The first kappa shape index (κ1) is 20.1. The Labute approximate surface area is 177 Å². The van der Waals surface area contributed by atoms with E-state index in [9.17, 15) is 10.1 Å². The molecule has 31 heavy (non-hydrogen) atoms. The number of non-ortho nitro benzene ring substituents is 1. The minimum absolute atomic E-state index is 0.0707. The average Bonchev–Trinajstić information content (AvgIpc) is 3.23. The SMILES string of the molecule is Nc1nonc1C(=NOCc1ccccc1)N1CCN(c2ccc([N+](=O)[O-])cc2)CC1. The van der Waals surface area contributed by atoms with Gasteiger partial charge in [-0.1, -0.05) is 35.5 Å². The number of anilines is 2. The van der Waals surface area contributed by atoms with Gasteiger partial charge in [0.05, 0.1) is 4.92 Å². The fourth-order valence-electron chi connectivity index (χ4n) is 3.31. The molecule has 0 radical (unpaired) electrons. The van der Waals surface area contributed by atoms with Crippen molar-refractivity contribution in [1.82, 2.24) is 15.2 Å². The van der Waals surface area contributed by atoms with Crippen molar-refractivity contribution in [3.63, 3.8) is 0 Å². The van der Waals surface area contributed by atoms with Gasteiger partial charge < -0.3 is 20.4 Å². The van der Waals surface area contributed by atoms with Crippen LogP contribution in [0.25, 0.3) is 0 Å². The van der Waals surface area contributed by atoms with E-state index in [1.54, 1.807) is 12.1 Å². The Kier molecular flexibility index (Phi) is 5.92. The molecule has 11 heteroatoms. The zero-order valence-corrected chi connectivity index (χ0v) is 16.6. The maximum absolute atomic E-state index is 10.9. The lowest BCUT2D eigenvalue weighted by atomic mass is 10.2. The Morgan fingerprint density at radius 2 is 1.81 bits per heavy atom. The van der Waals surface area contributed by atoms with Crippen LogP contribution in [0.5, 0.6) is 0 Å². The van der Waals surface area contributed by atoms with Crippen molar-refractivity contribution < 1.29 is 14.4 Å². The Hall–Kier alpha value is -4.15. The summed E-state index contributed by atoms with van der Waals surface area (Å²) in [4.78, 5) is 20.2. The predicted octanol–water partition coefficient (Wildman–Crippen LogP) is 2.26. The molecule has 1 aliphatic heterocycles. The van der Waals surface area contributed by atoms with Crippen molar-refractivity contribution in [3.05, 3.63) is 76.0 Å². The van der Waals surface area contributed by atoms with E-state index in [0.29, 0.717) is 44.3 Å². The van der Waals surface area contributed by atoms with Crippen LogP contribution in [0.3, 0.4) is 0 Å². The molecule has 2 heterocycles. The molecule has 1 saturated heterocycles. The first-order valence-electron chi connectivity index (χ1n) is 9.68. The minimum Gasteiger partial charge on any atom is -0.389 e. The van der Waals surface area contributed by atoms with E-state index in [1.807, 2.05) is 35.2 Å². The molecule has 1 aliphatic rings.